The SMILES string of the molecule is CCOc1ccc(C(O)Cn2ccnc2C(C)C)cc1. The maximum absolute atomic E-state index is 10.3. The third-order valence-corrected chi connectivity index (χ3v) is 3.21. The minimum atomic E-state index is -0.544. The Bertz CT molecular complexity index is 532. The van der Waals surface area contributed by atoms with E-state index in [1.54, 1.807) is 6.20 Å². The van der Waals surface area contributed by atoms with Crippen LogP contribution in [0.1, 0.15) is 44.2 Å². The monoisotopic (exact) mass is 274 g/mol. The first-order chi connectivity index (χ1) is 9.61. The van der Waals surface area contributed by atoms with E-state index in [1.807, 2.05) is 42.0 Å². The van der Waals surface area contributed by atoms with Crippen LogP contribution in [-0.4, -0.2) is 21.3 Å². The zero-order chi connectivity index (χ0) is 14.5. The summed E-state index contributed by atoms with van der Waals surface area (Å²) in [5, 5.41) is 10.3. The van der Waals surface area contributed by atoms with Crippen LogP contribution in [0.2, 0.25) is 0 Å². The number of aromatic nitrogens is 2. The Morgan fingerprint density at radius 3 is 2.55 bits per heavy atom. The zero-order valence-electron chi connectivity index (χ0n) is 12.3. The molecule has 0 bridgehead atoms. The van der Waals surface area contributed by atoms with Gasteiger partial charge in [0.1, 0.15) is 11.6 Å². The lowest BCUT2D eigenvalue weighted by Gasteiger charge is -2.16. The third kappa shape index (κ3) is 3.39. The summed E-state index contributed by atoms with van der Waals surface area (Å²) >= 11 is 0. The predicted molar refractivity (Wildman–Crippen MR) is 78.9 cm³/mol. The molecule has 1 heterocycles. The van der Waals surface area contributed by atoms with Gasteiger partial charge in [-0.25, -0.2) is 4.98 Å². The molecule has 0 saturated heterocycles. The van der Waals surface area contributed by atoms with Crippen molar-refractivity contribution >= 4 is 0 Å². The van der Waals surface area contributed by atoms with Crippen molar-refractivity contribution in [2.75, 3.05) is 6.61 Å². The van der Waals surface area contributed by atoms with Gasteiger partial charge < -0.3 is 14.4 Å². The first kappa shape index (κ1) is 14.6. The Morgan fingerprint density at radius 1 is 1.25 bits per heavy atom. The van der Waals surface area contributed by atoms with Crippen LogP contribution >= 0.6 is 0 Å². The predicted octanol–water partition coefficient (Wildman–Crippen LogP) is 3.14. The first-order valence-electron chi connectivity index (χ1n) is 7.03. The molecular weight excluding hydrogens is 252 g/mol. The van der Waals surface area contributed by atoms with Crippen molar-refractivity contribution in [1.82, 2.24) is 9.55 Å². The molecule has 1 unspecified atom stereocenters. The van der Waals surface area contributed by atoms with E-state index < -0.39 is 6.10 Å². The molecule has 0 aliphatic heterocycles. The number of hydrogen-bond acceptors (Lipinski definition) is 3. The van der Waals surface area contributed by atoms with Gasteiger partial charge in [-0.05, 0) is 24.6 Å². The molecule has 20 heavy (non-hydrogen) atoms. The van der Waals surface area contributed by atoms with Gasteiger partial charge in [-0.2, -0.15) is 0 Å². The lowest BCUT2D eigenvalue weighted by atomic mass is 10.1. The Labute approximate surface area is 120 Å². The summed E-state index contributed by atoms with van der Waals surface area (Å²) in [4.78, 5) is 4.33. The van der Waals surface area contributed by atoms with Gasteiger partial charge in [0, 0.05) is 18.3 Å². The van der Waals surface area contributed by atoms with Gasteiger partial charge >= 0.3 is 0 Å². The standard InChI is InChI=1S/C16H22N2O2/c1-4-20-14-7-5-13(6-8-14)15(19)11-18-10-9-17-16(18)12(2)3/h5-10,12,15,19H,4,11H2,1-3H3. The summed E-state index contributed by atoms with van der Waals surface area (Å²) in [6, 6.07) is 7.59. The van der Waals surface area contributed by atoms with Crippen molar-refractivity contribution in [2.45, 2.75) is 39.3 Å². The van der Waals surface area contributed by atoms with Crippen molar-refractivity contribution < 1.29 is 9.84 Å². The van der Waals surface area contributed by atoms with Gasteiger partial charge in [-0.1, -0.05) is 26.0 Å². The summed E-state index contributed by atoms with van der Waals surface area (Å²) in [6.07, 6.45) is 3.14. The van der Waals surface area contributed by atoms with Crippen LogP contribution < -0.4 is 4.74 Å². The van der Waals surface area contributed by atoms with E-state index in [4.69, 9.17) is 4.74 Å². The molecule has 0 saturated carbocycles. The summed E-state index contributed by atoms with van der Waals surface area (Å²) in [7, 11) is 0. The molecule has 0 radical (unpaired) electrons. The average molecular weight is 274 g/mol. The van der Waals surface area contributed by atoms with E-state index in [-0.39, 0.29) is 0 Å². The second-order valence-electron chi connectivity index (χ2n) is 5.11. The van der Waals surface area contributed by atoms with Crippen LogP contribution in [0.4, 0.5) is 0 Å². The molecule has 1 aromatic carbocycles. The minimum Gasteiger partial charge on any atom is -0.494 e. The molecule has 0 aliphatic carbocycles. The van der Waals surface area contributed by atoms with Crippen molar-refractivity contribution in [1.29, 1.82) is 0 Å². The van der Waals surface area contributed by atoms with Crippen molar-refractivity contribution in [3.05, 3.63) is 48.0 Å². The smallest absolute Gasteiger partial charge is 0.119 e. The molecule has 2 rings (SSSR count). The van der Waals surface area contributed by atoms with E-state index in [2.05, 4.69) is 18.8 Å². The molecular formula is C16H22N2O2. The van der Waals surface area contributed by atoms with Gasteiger partial charge in [0.05, 0.1) is 19.3 Å². The van der Waals surface area contributed by atoms with E-state index in [1.165, 1.54) is 0 Å². The third-order valence-electron chi connectivity index (χ3n) is 3.21. The maximum Gasteiger partial charge on any atom is 0.119 e. The molecule has 0 spiro atoms. The van der Waals surface area contributed by atoms with Crippen LogP contribution in [0.3, 0.4) is 0 Å². The number of nitrogens with zero attached hydrogens (tertiary/aromatic N) is 2. The molecule has 4 heteroatoms. The topological polar surface area (TPSA) is 47.3 Å². The average Bonchev–Trinajstić information content (AvgIpc) is 2.88. The Balaban J connectivity index is 2.07. The van der Waals surface area contributed by atoms with E-state index in [0.717, 1.165) is 17.1 Å². The Hall–Kier alpha value is -1.81. The van der Waals surface area contributed by atoms with Crippen LogP contribution in [-0.2, 0) is 6.54 Å². The molecule has 1 N–H and O–H groups in total. The molecule has 1 atom stereocenters. The minimum absolute atomic E-state index is 0.345. The van der Waals surface area contributed by atoms with Crippen LogP contribution in [0.15, 0.2) is 36.7 Å². The summed E-state index contributed by atoms with van der Waals surface area (Å²) in [5.41, 5.74) is 0.886. The van der Waals surface area contributed by atoms with Crippen LogP contribution in [0, 0.1) is 0 Å². The van der Waals surface area contributed by atoms with Crippen molar-refractivity contribution in [2.24, 2.45) is 0 Å². The van der Waals surface area contributed by atoms with Crippen molar-refractivity contribution in [3.63, 3.8) is 0 Å². The van der Waals surface area contributed by atoms with Crippen LogP contribution in [0.5, 0.6) is 5.75 Å². The van der Waals surface area contributed by atoms with Gasteiger partial charge in [0.15, 0.2) is 0 Å². The highest BCUT2D eigenvalue weighted by atomic mass is 16.5. The second-order valence-corrected chi connectivity index (χ2v) is 5.11. The highest BCUT2D eigenvalue weighted by Gasteiger charge is 2.13. The summed E-state index contributed by atoms with van der Waals surface area (Å²) in [5.74, 6) is 2.17. The summed E-state index contributed by atoms with van der Waals surface area (Å²) in [6.45, 7) is 7.32. The van der Waals surface area contributed by atoms with E-state index in [9.17, 15) is 5.11 Å². The molecule has 0 aliphatic rings. The fraction of sp³-hybridized carbons (Fsp3) is 0.438. The van der Waals surface area contributed by atoms with Crippen LogP contribution in [0.25, 0.3) is 0 Å². The van der Waals surface area contributed by atoms with Gasteiger partial charge in [0.2, 0.25) is 0 Å². The molecule has 1 aromatic heterocycles. The number of benzene rings is 1. The molecule has 0 fully saturated rings. The fourth-order valence-corrected chi connectivity index (χ4v) is 2.22. The quantitative estimate of drug-likeness (QED) is 0.880. The molecule has 108 valence electrons. The number of aliphatic hydroxyl groups is 1. The second kappa shape index (κ2) is 6.57. The lowest BCUT2D eigenvalue weighted by molar-refractivity contribution is 0.155. The Morgan fingerprint density at radius 2 is 1.95 bits per heavy atom. The highest BCUT2D eigenvalue weighted by Crippen LogP contribution is 2.21. The highest BCUT2D eigenvalue weighted by molar-refractivity contribution is 5.28. The molecule has 2 aromatic rings. The molecule has 4 nitrogen and oxygen atoms in total. The van der Waals surface area contributed by atoms with Crippen molar-refractivity contribution in [3.8, 4) is 5.75 Å². The van der Waals surface area contributed by atoms with Gasteiger partial charge in [-0.15, -0.1) is 0 Å². The lowest BCUT2D eigenvalue weighted by Crippen LogP contribution is -2.11. The normalized spacial score (nSPS) is 12.7. The number of aliphatic hydroxyl groups excluding tert-OH is 1. The van der Waals surface area contributed by atoms with Gasteiger partial charge in [0.25, 0.3) is 0 Å². The number of hydrogen-bond donors (Lipinski definition) is 1. The zero-order valence-corrected chi connectivity index (χ0v) is 12.3. The largest absolute Gasteiger partial charge is 0.494 e. The summed E-state index contributed by atoms with van der Waals surface area (Å²) < 4.78 is 7.41. The molecule has 0 amide bonds. The number of rotatable bonds is 6. The van der Waals surface area contributed by atoms with Gasteiger partial charge in [-0.3, -0.25) is 0 Å². The fourth-order valence-electron chi connectivity index (χ4n) is 2.22. The maximum atomic E-state index is 10.3. The Kier molecular flexibility index (Phi) is 4.79. The number of imidazole rings is 1. The van der Waals surface area contributed by atoms with E-state index >= 15 is 0 Å². The first-order valence-corrected chi connectivity index (χ1v) is 7.03. The van der Waals surface area contributed by atoms with E-state index in [0.29, 0.717) is 19.1 Å². The number of ether oxygens (including phenoxy) is 1.